The average Bonchev–Trinajstić information content (AvgIpc) is 3.05. The first-order valence-electron chi connectivity index (χ1n) is 8.77. The average molecular weight is 377 g/mol. The maximum atomic E-state index is 14.1. The third kappa shape index (κ3) is 3.24. The van der Waals surface area contributed by atoms with Crippen molar-refractivity contribution in [1.29, 1.82) is 0 Å². The summed E-state index contributed by atoms with van der Waals surface area (Å²) in [5.41, 5.74) is 2.13. The molecule has 0 saturated heterocycles. The monoisotopic (exact) mass is 377 g/mol. The highest BCUT2D eigenvalue weighted by Gasteiger charge is 2.24. The van der Waals surface area contributed by atoms with Crippen molar-refractivity contribution in [3.05, 3.63) is 101 Å². The van der Waals surface area contributed by atoms with E-state index in [9.17, 15) is 13.6 Å². The molecule has 140 valence electrons. The Morgan fingerprint density at radius 1 is 1.00 bits per heavy atom. The second-order valence-electron chi connectivity index (χ2n) is 6.46. The SMILES string of the molecule is Cn1c(C(NC(=O)c2cc(F)ccc2F)c2ccccc2)nc2ccccc21. The zero-order valence-corrected chi connectivity index (χ0v) is 15.1. The number of benzene rings is 3. The van der Waals surface area contributed by atoms with Crippen molar-refractivity contribution in [3.63, 3.8) is 0 Å². The lowest BCUT2D eigenvalue weighted by Gasteiger charge is -2.19. The number of carbonyl (C=O) groups is 1. The minimum absolute atomic E-state index is 0.348. The van der Waals surface area contributed by atoms with Crippen molar-refractivity contribution < 1.29 is 13.6 Å². The highest BCUT2D eigenvalue weighted by atomic mass is 19.1. The number of aryl methyl sites for hydroxylation is 1. The van der Waals surface area contributed by atoms with Crippen LogP contribution in [0.5, 0.6) is 0 Å². The van der Waals surface area contributed by atoms with Gasteiger partial charge in [-0.2, -0.15) is 0 Å². The van der Waals surface area contributed by atoms with Gasteiger partial charge in [0.25, 0.3) is 5.91 Å². The largest absolute Gasteiger partial charge is 0.338 e. The van der Waals surface area contributed by atoms with E-state index in [1.165, 1.54) is 0 Å². The molecular formula is C22H17F2N3O. The van der Waals surface area contributed by atoms with E-state index in [-0.39, 0.29) is 5.56 Å². The fourth-order valence-electron chi connectivity index (χ4n) is 3.25. The molecule has 0 aliphatic rings. The Balaban J connectivity index is 1.79. The zero-order chi connectivity index (χ0) is 19.7. The first-order chi connectivity index (χ1) is 13.5. The van der Waals surface area contributed by atoms with Gasteiger partial charge in [-0.25, -0.2) is 13.8 Å². The molecule has 0 radical (unpaired) electrons. The van der Waals surface area contributed by atoms with Crippen LogP contribution in [0.3, 0.4) is 0 Å². The summed E-state index contributed by atoms with van der Waals surface area (Å²) < 4.78 is 29.5. The summed E-state index contributed by atoms with van der Waals surface area (Å²) in [7, 11) is 1.86. The molecule has 4 aromatic rings. The molecule has 3 aromatic carbocycles. The third-order valence-electron chi connectivity index (χ3n) is 4.66. The van der Waals surface area contributed by atoms with Crippen LogP contribution in [0.2, 0.25) is 0 Å². The third-order valence-corrected chi connectivity index (χ3v) is 4.66. The van der Waals surface area contributed by atoms with Gasteiger partial charge in [-0.3, -0.25) is 4.79 Å². The number of hydrogen-bond donors (Lipinski definition) is 1. The fourth-order valence-corrected chi connectivity index (χ4v) is 3.25. The summed E-state index contributed by atoms with van der Waals surface area (Å²) in [5.74, 6) is -1.57. The number of halogens is 2. The number of carbonyl (C=O) groups excluding carboxylic acids is 1. The number of imidazole rings is 1. The minimum atomic E-state index is -0.782. The number of para-hydroxylation sites is 2. The highest BCUT2D eigenvalue weighted by molar-refractivity contribution is 5.95. The van der Waals surface area contributed by atoms with E-state index in [1.54, 1.807) is 0 Å². The molecule has 1 aromatic heterocycles. The predicted octanol–water partition coefficient (Wildman–Crippen LogP) is 4.37. The lowest BCUT2D eigenvalue weighted by Crippen LogP contribution is -2.31. The van der Waals surface area contributed by atoms with Crippen LogP contribution in [0, 0.1) is 11.6 Å². The molecule has 1 unspecified atom stereocenters. The number of rotatable bonds is 4. The highest BCUT2D eigenvalue weighted by Crippen LogP contribution is 2.25. The molecule has 1 N–H and O–H groups in total. The van der Waals surface area contributed by atoms with Gasteiger partial charge >= 0.3 is 0 Å². The minimum Gasteiger partial charge on any atom is -0.338 e. The summed E-state index contributed by atoms with van der Waals surface area (Å²) in [5, 5.41) is 2.81. The van der Waals surface area contributed by atoms with Crippen molar-refractivity contribution in [3.8, 4) is 0 Å². The topological polar surface area (TPSA) is 46.9 Å². The predicted molar refractivity (Wildman–Crippen MR) is 103 cm³/mol. The maximum Gasteiger partial charge on any atom is 0.255 e. The van der Waals surface area contributed by atoms with Crippen LogP contribution in [0.1, 0.15) is 27.8 Å². The van der Waals surface area contributed by atoms with Gasteiger partial charge in [0, 0.05) is 7.05 Å². The van der Waals surface area contributed by atoms with Gasteiger partial charge in [-0.15, -0.1) is 0 Å². The van der Waals surface area contributed by atoms with Gasteiger partial charge < -0.3 is 9.88 Å². The van der Waals surface area contributed by atoms with Crippen LogP contribution in [0.4, 0.5) is 8.78 Å². The van der Waals surface area contributed by atoms with Gasteiger partial charge in [0.2, 0.25) is 0 Å². The summed E-state index contributed by atoms with van der Waals surface area (Å²) in [6, 6.07) is 19.1. The Hall–Kier alpha value is -3.54. The number of nitrogens with zero attached hydrogens (tertiary/aromatic N) is 2. The van der Waals surface area contributed by atoms with E-state index in [0.29, 0.717) is 5.82 Å². The first-order valence-corrected chi connectivity index (χ1v) is 8.77. The van der Waals surface area contributed by atoms with Crippen molar-refractivity contribution in [1.82, 2.24) is 14.9 Å². The second-order valence-corrected chi connectivity index (χ2v) is 6.46. The number of aromatic nitrogens is 2. The fraction of sp³-hybridized carbons (Fsp3) is 0.0909. The number of fused-ring (bicyclic) bond motifs is 1. The summed E-state index contributed by atoms with van der Waals surface area (Å²) in [6.07, 6.45) is 0. The maximum absolute atomic E-state index is 14.1. The lowest BCUT2D eigenvalue weighted by molar-refractivity contribution is 0.0936. The Labute approximate surface area is 160 Å². The number of hydrogen-bond acceptors (Lipinski definition) is 2. The zero-order valence-electron chi connectivity index (χ0n) is 15.1. The molecule has 0 saturated carbocycles. The van der Waals surface area contributed by atoms with Crippen LogP contribution in [0.25, 0.3) is 11.0 Å². The number of nitrogens with one attached hydrogen (secondary N) is 1. The summed E-state index contributed by atoms with van der Waals surface area (Å²) in [6.45, 7) is 0. The Bertz CT molecular complexity index is 1160. The smallest absolute Gasteiger partial charge is 0.255 e. The summed E-state index contributed by atoms with van der Waals surface area (Å²) >= 11 is 0. The first kappa shape index (κ1) is 17.9. The van der Waals surface area contributed by atoms with E-state index in [1.807, 2.05) is 66.2 Å². The molecule has 6 heteroatoms. The molecule has 0 spiro atoms. The van der Waals surface area contributed by atoms with Crippen LogP contribution < -0.4 is 5.32 Å². The van der Waals surface area contributed by atoms with Crippen LogP contribution in [-0.4, -0.2) is 15.5 Å². The van der Waals surface area contributed by atoms with E-state index >= 15 is 0 Å². The van der Waals surface area contributed by atoms with E-state index in [2.05, 4.69) is 10.3 Å². The molecule has 0 fully saturated rings. The Morgan fingerprint density at radius 3 is 2.46 bits per heavy atom. The summed E-state index contributed by atoms with van der Waals surface area (Å²) in [4.78, 5) is 17.4. The molecule has 4 rings (SSSR count). The van der Waals surface area contributed by atoms with Crippen molar-refractivity contribution in [2.75, 3.05) is 0 Å². The van der Waals surface area contributed by atoms with Gasteiger partial charge in [0.15, 0.2) is 0 Å². The van der Waals surface area contributed by atoms with E-state index in [0.717, 1.165) is 34.8 Å². The van der Waals surface area contributed by atoms with Crippen molar-refractivity contribution >= 4 is 16.9 Å². The normalized spacial score (nSPS) is 12.1. The van der Waals surface area contributed by atoms with Crippen LogP contribution in [0.15, 0.2) is 72.8 Å². The quantitative estimate of drug-likeness (QED) is 0.574. The van der Waals surface area contributed by atoms with Crippen molar-refractivity contribution in [2.24, 2.45) is 7.05 Å². The Morgan fingerprint density at radius 2 is 1.71 bits per heavy atom. The molecule has 4 nitrogen and oxygen atoms in total. The standard InChI is InChI=1S/C22H17F2N3O/c1-27-19-10-6-5-9-18(19)25-21(27)20(14-7-3-2-4-8-14)26-22(28)16-13-15(23)11-12-17(16)24/h2-13,20H,1H3,(H,26,28). The molecule has 1 atom stereocenters. The van der Waals surface area contributed by atoms with Gasteiger partial charge in [-0.1, -0.05) is 42.5 Å². The van der Waals surface area contributed by atoms with Crippen LogP contribution >= 0.6 is 0 Å². The molecule has 1 heterocycles. The number of amides is 1. The van der Waals surface area contributed by atoms with Crippen LogP contribution in [-0.2, 0) is 7.05 Å². The lowest BCUT2D eigenvalue weighted by atomic mass is 10.1. The molecule has 0 aliphatic carbocycles. The van der Waals surface area contributed by atoms with Gasteiger partial charge in [0.1, 0.15) is 23.5 Å². The van der Waals surface area contributed by atoms with E-state index < -0.39 is 23.6 Å². The molecule has 28 heavy (non-hydrogen) atoms. The molecule has 0 bridgehead atoms. The molecule has 1 amide bonds. The second kappa shape index (κ2) is 7.23. The van der Waals surface area contributed by atoms with E-state index in [4.69, 9.17) is 0 Å². The van der Waals surface area contributed by atoms with Crippen molar-refractivity contribution in [2.45, 2.75) is 6.04 Å². The molecule has 0 aliphatic heterocycles. The van der Waals surface area contributed by atoms with Gasteiger partial charge in [0.05, 0.1) is 16.6 Å². The Kier molecular flexibility index (Phi) is 4.61. The molecular weight excluding hydrogens is 360 g/mol. The van der Waals surface area contributed by atoms with Gasteiger partial charge in [-0.05, 0) is 35.9 Å².